The van der Waals surface area contributed by atoms with Crippen molar-refractivity contribution in [3.05, 3.63) is 70.6 Å². The Balaban J connectivity index is 1.16. The first-order valence-corrected chi connectivity index (χ1v) is 13.1. The highest BCUT2D eigenvalue weighted by molar-refractivity contribution is 7.07. The van der Waals surface area contributed by atoms with Crippen LogP contribution in [0.2, 0.25) is 0 Å². The predicted molar refractivity (Wildman–Crippen MR) is 138 cm³/mol. The van der Waals surface area contributed by atoms with Crippen molar-refractivity contribution in [1.29, 1.82) is 0 Å². The highest BCUT2D eigenvalue weighted by atomic mass is 32.1. The second-order valence-electron chi connectivity index (χ2n) is 10.3. The Bertz CT molecular complexity index is 1450. The van der Waals surface area contributed by atoms with E-state index >= 15 is 0 Å². The number of hydrogen-bond acceptors (Lipinski definition) is 7. The molecule has 8 nitrogen and oxygen atoms in total. The first kappa shape index (κ1) is 23.7. The lowest BCUT2D eigenvalue weighted by Gasteiger charge is -2.22. The Morgan fingerprint density at radius 2 is 1.84 bits per heavy atom. The summed E-state index contributed by atoms with van der Waals surface area (Å²) in [6.07, 6.45) is -0.00846. The number of amides is 1. The molecule has 6 rings (SSSR count). The van der Waals surface area contributed by atoms with Crippen LogP contribution in [-0.4, -0.2) is 49.7 Å². The second kappa shape index (κ2) is 8.74. The zero-order chi connectivity index (χ0) is 25.9. The van der Waals surface area contributed by atoms with E-state index in [9.17, 15) is 9.18 Å². The van der Waals surface area contributed by atoms with Crippen molar-refractivity contribution in [2.24, 2.45) is 24.6 Å². The van der Waals surface area contributed by atoms with Crippen molar-refractivity contribution >= 4 is 17.2 Å². The van der Waals surface area contributed by atoms with Gasteiger partial charge in [-0.15, -0.1) is 11.3 Å². The van der Waals surface area contributed by atoms with E-state index in [-0.39, 0.29) is 29.7 Å². The summed E-state index contributed by atoms with van der Waals surface area (Å²) < 4.78 is 21.4. The van der Waals surface area contributed by atoms with Gasteiger partial charge in [0, 0.05) is 43.4 Å². The molecule has 0 radical (unpaired) electrons. The summed E-state index contributed by atoms with van der Waals surface area (Å²) in [5, 5.41) is 6.38. The number of aryl methyl sites for hydroxylation is 1. The van der Waals surface area contributed by atoms with Gasteiger partial charge in [0.1, 0.15) is 29.0 Å². The molecule has 0 spiro atoms. The molecular formula is C27H27FN6O2S. The van der Waals surface area contributed by atoms with Gasteiger partial charge in [-0.25, -0.2) is 14.4 Å². The van der Waals surface area contributed by atoms with E-state index in [1.54, 1.807) is 35.4 Å². The summed E-state index contributed by atoms with van der Waals surface area (Å²) >= 11 is 1.50. The zero-order valence-corrected chi connectivity index (χ0v) is 21.6. The number of nitrogens with zero attached hydrogens (tertiary/aromatic N) is 5. The molecule has 10 heteroatoms. The molecule has 1 aliphatic carbocycles. The number of piperidine rings is 1. The Hall–Kier alpha value is -3.63. The predicted octanol–water partition coefficient (Wildman–Crippen LogP) is 4.09. The van der Waals surface area contributed by atoms with Gasteiger partial charge < -0.3 is 15.4 Å². The fraction of sp³-hybridized carbons (Fsp3) is 0.333. The number of carbonyl (C=O) groups is 1. The molecule has 2 aliphatic rings. The van der Waals surface area contributed by atoms with Crippen LogP contribution >= 0.6 is 11.3 Å². The minimum Gasteiger partial charge on any atom is -0.474 e. The lowest BCUT2D eigenvalue weighted by Crippen LogP contribution is -2.34. The van der Waals surface area contributed by atoms with Crippen molar-refractivity contribution in [3.8, 4) is 28.4 Å². The van der Waals surface area contributed by atoms with Crippen molar-refractivity contribution in [3.63, 3.8) is 0 Å². The van der Waals surface area contributed by atoms with Crippen LogP contribution in [0.15, 0.2) is 53.4 Å². The number of likely N-dealkylation sites (tertiary alicyclic amines) is 1. The molecule has 1 amide bonds. The minimum absolute atomic E-state index is 0.00846. The number of aromatic nitrogens is 4. The minimum atomic E-state index is -0.669. The summed E-state index contributed by atoms with van der Waals surface area (Å²) in [6.45, 7) is 5.03. The molecule has 37 heavy (non-hydrogen) atoms. The van der Waals surface area contributed by atoms with E-state index in [2.05, 4.69) is 15.1 Å². The Kier molecular flexibility index (Phi) is 5.61. The number of thiazole rings is 1. The summed E-state index contributed by atoms with van der Waals surface area (Å²) in [4.78, 5) is 24.0. The van der Waals surface area contributed by atoms with Crippen molar-refractivity contribution in [2.75, 3.05) is 13.1 Å². The third-order valence-electron chi connectivity index (χ3n) is 7.09. The van der Waals surface area contributed by atoms with E-state index in [4.69, 9.17) is 10.5 Å². The first-order valence-electron chi connectivity index (χ1n) is 12.1. The van der Waals surface area contributed by atoms with Crippen LogP contribution in [0, 0.1) is 17.7 Å². The van der Waals surface area contributed by atoms with Crippen LogP contribution in [0.5, 0.6) is 5.88 Å². The number of carbonyl (C=O) groups excluding carboxylic acids is 1. The molecule has 2 N–H and O–H groups in total. The van der Waals surface area contributed by atoms with Gasteiger partial charge in [-0.1, -0.05) is 12.1 Å². The maximum Gasteiger partial charge on any atom is 0.272 e. The molecule has 2 fully saturated rings. The van der Waals surface area contributed by atoms with E-state index < -0.39 is 5.54 Å². The summed E-state index contributed by atoms with van der Waals surface area (Å²) in [6, 6.07) is 11.9. The molecule has 4 heterocycles. The highest BCUT2D eigenvalue weighted by Crippen LogP contribution is 2.48. The number of benzene rings is 1. The molecular weight excluding hydrogens is 491 g/mol. The van der Waals surface area contributed by atoms with Gasteiger partial charge in [-0.2, -0.15) is 5.10 Å². The molecule has 1 aromatic carbocycles. The average Bonchev–Trinajstić information content (AvgIpc) is 3.36. The quantitative estimate of drug-likeness (QED) is 0.413. The van der Waals surface area contributed by atoms with Gasteiger partial charge in [0.15, 0.2) is 0 Å². The summed E-state index contributed by atoms with van der Waals surface area (Å²) in [5.74, 6) is 0.670. The van der Waals surface area contributed by atoms with Crippen molar-refractivity contribution < 1.29 is 13.9 Å². The smallest absolute Gasteiger partial charge is 0.272 e. The van der Waals surface area contributed by atoms with Gasteiger partial charge in [0.05, 0.1) is 16.7 Å². The number of nitrogens with two attached hydrogens (primary N) is 1. The van der Waals surface area contributed by atoms with Gasteiger partial charge in [0.25, 0.3) is 5.91 Å². The van der Waals surface area contributed by atoms with Gasteiger partial charge in [-0.05, 0) is 49.2 Å². The van der Waals surface area contributed by atoms with Gasteiger partial charge in [-0.3, -0.25) is 9.48 Å². The molecule has 1 aliphatic heterocycles. The SMILES string of the molecule is Cn1nc(-c2cscn2)cc1C(=O)N1C[C@@H]2[C@H](C1)[C@@H]2Oc1cc(-c2ccc(F)cc2)cc(C(C)(C)N)n1. The maximum atomic E-state index is 13.5. The molecule has 1 saturated heterocycles. The Morgan fingerprint density at radius 1 is 1.11 bits per heavy atom. The van der Waals surface area contributed by atoms with Crippen LogP contribution in [0.4, 0.5) is 4.39 Å². The first-order chi connectivity index (χ1) is 17.7. The summed E-state index contributed by atoms with van der Waals surface area (Å²) in [5.41, 5.74) is 11.9. The molecule has 4 aromatic rings. The van der Waals surface area contributed by atoms with Crippen LogP contribution in [0.25, 0.3) is 22.5 Å². The zero-order valence-electron chi connectivity index (χ0n) is 20.8. The van der Waals surface area contributed by atoms with E-state index in [1.165, 1.54) is 23.5 Å². The largest absolute Gasteiger partial charge is 0.474 e. The molecule has 3 aromatic heterocycles. The van der Waals surface area contributed by atoms with E-state index in [1.807, 2.05) is 36.3 Å². The van der Waals surface area contributed by atoms with Crippen LogP contribution in [-0.2, 0) is 12.6 Å². The maximum absolute atomic E-state index is 13.5. The number of hydrogen-bond donors (Lipinski definition) is 1. The van der Waals surface area contributed by atoms with Gasteiger partial charge >= 0.3 is 0 Å². The van der Waals surface area contributed by atoms with Crippen LogP contribution < -0.4 is 10.5 Å². The average molecular weight is 519 g/mol. The van der Waals surface area contributed by atoms with E-state index in [0.717, 1.165) is 16.8 Å². The van der Waals surface area contributed by atoms with Crippen molar-refractivity contribution in [2.45, 2.75) is 25.5 Å². The number of rotatable bonds is 6. The fourth-order valence-electron chi connectivity index (χ4n) is 4.95. The monoisotopic (exact) mass is 518 g/mol. The topological polar surface area (TPSA) is 99.2 Å². The number of halogens is 1. The molecule has 190 valence electrons. The third kappa shape index (κ3) is 4.51. The van der Waals surface area contributed by atoms with Crippen LogP contribution in [0.3, 0.4) is 0 Å². The number of fused-ring (bicyclic) bond motifs is 1. The fourth-order valence-corrected chi connectivity index (χ4v) is 5.50. The van der Waals surface area contributed by atoms with Gasteiger partial charge in [0.2, 0.25) is 5.88 Å². The molecule has 0 unspecified atom stereocenters. The second-order valence-corrected chi connectivity index (χ2v) is 11.1. The third-order valence-corrected chi connectivity index (χ3v) is 7.68. The number of pyridine rings is 1. The van der Waals surface area contributed by atoms with Crippen LogP contribution in [0.1, 0.15) is 30.0 Å². The normalized spacial score (nSPS) is 20.7. The molecule has 0 bridgehead atoms. The van der Waals surface area contributed by atoms with E-state index in [0.29, 0.717) is 36.1 Å². The summed E-state index contributed by atoms with van der Waals surface area (Å²) in [7, 11) is 1.78. The highest BCUT2D eigenvalue weighted by Gasteiger charge is 2.59. The number of ether oxygens (including phenoxy) is 1. The Labute approximate surface area is 217 Å². The molecule has 3 atom stereocenters. The standard InChI is InChI=1S/C27H27FN6O2S/c1-27(2,29)23-8-16(15-4-6-17(28)7-5-15)9-24(31-23)36-25-18-11-34(12-19(18)25)26(35)22-10-20(32-33(22)3)21-13-37-14-30-21/h4-10,13-14,18-19,25H,11-12,29H2,1-3H3/t18-,19+,25-. The van der Waals surface area contributed by atoms with Crippen molar-refractivity contribution in [1.82, 2.24) is 24.6 Å². The Morgan fingerprint density at radius 3 is 2.49 bits per heavy atom. The lowest BCUT2D eigenvalue weighted by molar-refractivity contribution is 0.0740. The lowest BCUT2D eigenvalue weighted by atomic mass is 9.97. The molecule has 1 saturated carbocycles.